The summed E-state index contributed by atoms with van der Waals surface area (Å²) >= 11 is 0. The molecule has 0 saturated heterocycles. The van der Waals surface area contributed by atoms with Crippen LogP contribution in [0.2, 0.25) is 0 Å². The molecule has 0 radical (unpaired) electrons. The monoisotopic (exact) mass is 182 g/mol. The lowest BCUT2D eigenvalue weighted by atomic mass is 10.1. The van der Waals surface area contributed by atoms with E-state index in [1.54, 1.807) is 0 Å². The quantitative estimate of drug-likeness (QED) is 0.760. The summed E-state index contributed by atoms with van der Waals surface area (Å²) in [7, 11) is 0. The maximum atomic E-state index is 8.52. The van der Waals surface area contributed by atoms with E-state index in [1.807, 2.05) is 24.5 Å². The molecule has 2 heteroatoms. The van der Waals surface area contributed by atoms with Crippen molar-refractivity contribution in [3.05, 3.63) is 30.1 Å². The molecule has 0 bridgehead atoms. The number of aryl methyl sites for hydroxylation is 1. The van der Waals surface area contributed by atoms with Crippen LogP contribution in [0.25, 0.3) is 0 Å². The van der Waals surface area contributed by atoms with Gasteiger partial charge in [0.25, 0.3) is 0 Å². The average molecular weight is 182 g/mol. The van der Waals surface area contributed by atoms with Crippen molar-refractivity contribution < 1.29 is 10.1 Å². The summed E-state index contributed by atoms with van der Waals surface area (Å²) in [6.07, 6.45) is 6.86. The van der Waals surface area contributed by atoms with Crippen LogP contribution in [0.15, 0.2) is 24.5 Å². The molecule has 1 rings (SSSR count). The zero-order valence-corrected chi connectivity index (χ0v) is 8.59. The first kappa shape index (κ1) is 12.1. The minimum Gasteiger partial charge on any atom is -0.396 e. The zero-order chi connectivity index (χ0) is 9.94. The largest absolute Gasteiger partial charge is 0.396 e. The molecule has 0 aliphatic heterocycles. The molecule has 74 valence electrons. The van der Waals surface area contributed by atoms with Crippen LogP contribution in [0.3, 0.4) is 0 Å². The van der Waals surface area contributed by atoms with E-state index in [0.29, 0.717) is 0 Å². The number of aliphatic hydroxyl groups is 1. The molecular formula is C11H20NO+. The van der Waals surface area contributed by atoms with E-state index < -0.39 is 0 Å². The maximum Gasteiger partial charge on any atom is 0.167 e. The van der Waals surface area contributed by atoms with E-state index in [2.05, 4.69) is 18.8 Å². The van der Waals surface area contributed by atoms with E-state index in [4.69, 9.17) is 5.11 Å². The van der Waals surface area contributed by atoms with E-state index >= 15 is 0 Å². The Kier molecular flexibility index (Phi) is 8.57. The van der Waals surface area contributed by atoms with E-state index in [-0.39, 0.29) is 6.61 Å². The van der Waals surface area contributed by atoms with Crippen LogP contribution in [0.4, 0.5) is 0 Å². The molecule has 0 aliphatic carbocycles. The summed E-state index contributed by atoms with van der Waals surface area (Å²) in [6, 6.07) is 4.05. The van der Waals surface area contributed by atoms with Gasteiger partial charge < -0.3 is 5.11 Å². The smallest absolute Gasteiger partial charge is 0.167 e. The predicted octanol–water partition coefficient (Wildman–Crippen LogP) is 1.84. The lowest BCUT2D eigenvalue weighted by Crippen LogP contribution is -1.99. The van der Waals surface area contributed by atoms with Gasteiger partial charge in [-0.05, 0) is 18.4 Å². The molecule has 1 aromatic heterocycles. The molecular weight excluding hydrogens is 162 g/mol. The number of H-pyrrole nitrogens is 1. The van der Waals surface area contributed by atoms with Crippen molar-refractivity contribution in [3.63, 3.8) is 0 Å². The van der Waals surface area contributed by atoms with Crippen LogP contribution in [-0.2, 0) is 6.42 Å². The number of aromatic nitrogens is 1. The van der Waals surface area contributed by atoms with Crippen molar-refractivity contribution >= 4 is 0 Å². The molecule has 1 aromatic rings. The highest BCUT2D eigenvalue weighted by Crippen LogP contribution is 1.97. The van der Waals surface area contributed by atoms with Gasteiger partial charge in [0.05, 0.1) is 0 Å². The van der Waals surface area contributed by atoms with Gasteiger partial charge in [0, 0.05) is 18.7 Å². The Hall–Kier alpha value is -0.890. The summed E-state index contributed by atoms with van der Waals surface area (Å²) in [5.74, 6) is 0. The summed E-state index contributed by atoms with van der Waals surface area (Å²) in [6.45, 7) is 4.53. The molecule has 0 fully saturated rings. The summed E-state index contributed by atoms with van der Waals surface area (Å²) < 4.78 is 0. The summed E-state index contributed by atoms with van der Waals surface area (Å²) in [4.78, 5) is 2.95. The van der Waals surface area contributed by atoms with Gasteiger partial charge in [-0.2, -0.15) is 0 Å². The number of aliphatic hydroxyl groups excluding tert-OH is 1. The van der Waals surface area contributed by atoms with Crippen molar-refractivity contribution in [3.8, 4) is 0 Å². The molecule has 0 spiro atoms. The van der Waals surface area contributed by atoms with Gasteiger partial charge in [-0.3, -0.25) is 0 Å². The van der Waals surface area contributed by atoms with E-state index in [0.717, 1.165) is 12.8 Å². The Morgan fingerprint density at radius 1 is 1.23 bits per heavy atom. The van der Waals surface area contributed by atoms with Crippen LogP contribution in [0, 0.1) is 0 Å². The Labute approximate surface area is 80.6 Å². The van der Waals surface area contributed by atoms with Crippen molar-refractivity contribution in [1.29, 1.82) is 0 Å². The lowest BCUT2D eigenvalue weighted by Gasteiger charge is -1.93. The summed E-state index contributed by atoms with van der Waals surface area (Å²) in [5, 5.41) is 8.52. The number of hydrogen-bond donors (Lipinski definition) is 1. The van der Waals surface area contributed by atoms with Crippen LogP contribution in [0.1, 0.15) is 32.3 Å². The third kappa shape index (κ3) is 7.47. The lowest BCUT2D eigenvalue weighted by molar-refractivity contribution is -0.378. The molecule has 1 heterocycles. The second kappa shape index (κ2) is 9.20. The fraction of sp³-hybridized carbons (Fsp3) is 0.545. The standard InChI is InChI=1S/C8H11NO.C3H8/c10-7-1-2-8-3-5-9-6-4-8;1-3-2/h3-6,10H,1-2,7H2;3H2,1-2H3/p+1. The van der Waals surface area contributed by atoms with Gasteiger partial charge in [-0.15, -0.1) is 0 Å². The van der Waals surface area contributed by atoms with Crippen molar-refractivity contribution in [2.75, 3.05) is 6.61 Å². The Balaban J connectivity index is 0.000000424. The topological polar surface area (TPSA) is 34.4 Å². The fourth-order valence-electron chi connectivity index (χ4n) is 0.871. The molecule has 0 amide bonds. The minimum absolute atomic E-state index is 0.276. The maximum absolute atomic E-state index is 8.52. The Morgan fingerprint density at radius 3 is 2.23 bits per heavy atom. The van der Waals surface area contributed by atoms with Gasteiger partial charge in [-0.25, -0.2) is 4.98 Å². The highest BCUT2D eigenvalue weighted by atomic mass is 16.2. The molecule has 2 nitrogen and oxygen atoms in total. The first-order valence-electron chi connectivity index (χ1n) is 4.91. The number of nitrogens with one attached hydrogen (secondary N) is 1. The number of aromatic amines is 1. The van der Waals surface area contributed by atoms with Crippen molar-refractivity contribution in [2.45, 2.75) is 33.1 Å². The number of rotatable bonds is 3. The SMILES string of the molecule is CCC.OCCCc1cc[nH+]cc1. The number of pyridine rings is 1. The summed E-state index contributed by atoms with van der Waals surface area (Å²) in [5.41, 5.74) is 1.27. The molecule has 0 aliphatic rings. The molecule has 0 aromatic carbocycles. The second-order valence-corrected chi connectivity index (χ2v) is 2.94. The van der Waals surface area contributed by atoms with Crippen LogP contribution < -0.4 is 4.98 Å². The third-order valence-electron chi connectivity index (χ3n) is 1.41. The van der Waals surface area contributed by atoms with Gasteiger partial charge in [0.2, 0.25) is 0 Å². The average Bonchev–Trinajstić information content (AvgIpc) is 2.18. The first-order chi connectivity index (χ1) is 6.35. The normalized spacial score (nSPS) is 8.85. The van der Waals surface area contributed by atoms with Gasteiger partial charge in [-0.1, -0.05) is 20.3 Å². The highest BCUT2D eigenvalue weighted by Gasteiger charge is 1.91. The van der Waals surface area contributed by atoms with Gasteiger partial charge in [0.15, 0.2) is 12.4 Å². The first-order valence-corrected chi connectivity index (χ1v) is 4.91. The second-order valence-electron chi connectivity index (χ2n) is 2.94. The molecule has 0 saturated carbocycles. The zero-order valence-electron chi connectivity index (χ0n) is 8.59. The Bertz CT molecular complexity index is 187. The minimum atomic E-state index is 0.276. The van der Waals surface area contributed by atoms with E-state index in [9.17, 15) is 0 Å². The number of hydrogen-bond acceptors (Lipinski definition) is 1. The predicted molar refractivity (Wildman–Crippen MR) is 54.4 cm³/mol. The van der Waals surface area contributed by atoms with Crippen LogP contribution in [-0.4, -0.2) is 11.7 Å². The fourth-order valence-corrected chi connectivity index (χ4v) is 0.871. The van der Waals surface area contributed by atoms with Crippen molar-refractivity contribution in [1.82, 2.24) is 0 Å². The highest BCUT2D eigenvalue weighted by molar-refractivity contribution is 5.06. The van der Waals surface area contributed by atoms with Gasteiger partial charge >= 0.3 is 0 Å². The van der Waals surface area contributed by atoms with Crippen LogP contribution >= 0.6 is 0 Å². The van der Waals surface area contributed by atoms with Crippen LogP contribution in [0.5, 0.6) is 0 Å². The molecule has 13 heavy (non-hydrogen) atoms. The van der Waals surface area contributed by atoms with Crippen molar-refractivity contribution in [2.24, 2.45) is 0 Å². The third-order valence-corrected chi connectivity index (χ3v) is 1.41. The molecule has 0 atom stereocenters. The van der Waals surface area contributed by atoms with E-state index in [1.165, 1.54) is 12.0 Å². The molecule has 0 unspecified atom stereocenters. The molecule has 2 N–H and O–H groups in total. The Morgan fingerprint density at radius 2 is 1.77 bits per heavy atom. The van der Waals surface area contributed by atoms with Gasteiger partial charge in [0.1, 0.15) is 0 Å².